The zero-order chi connectivity index (χ0) is 13.9. The molecular formula is C15H18ClN3O. The summed E-state index contributed by atoms with van der Waals surface area (Å²) in [5.74, 6) is 0.827. The summed E-state index contributed by atoms with van der Waals surface area (Å²) in [7, 11) is 0. The molecule has 0 amide bonds. The Hall–Kier alpha value is -1.68. The number of aromatic nitrogens is 1. The van der Waals surface area contributed by atoms with Crippen LogP contribution >= 0.6 is 11.6 Å². The van der Waals surface area contributed by atoms with E-state index < -0.39 is 0 Å². The molecule has 106 valence electrons. The molecule has 2 heterocycles. The number of hydrogen-bond acceptors (Lipinski definition) is 4. The molecule has 20 heavy (non-hydrogen) atoms. The Morgan fingerprint density at radius 3 is 2.80 bits per heavy atom. The van der Waals surface area contributed by atoms with E-state index in [0.29, 0.717) is 6.54 Å². The molecule has 0 spiro atoms. The Labute approximate surface area is 123 Å². The smallest absolute Gasteiger partial charge is 0.133 e. The highest BCUT2D eigenvalue weighted by Gasteiger charge is 2.16. The number of nitrogens with one attached hydrogen (secondary N) is 1. The molecule has 0 atom stereocenters. The van der Waals surface area contributed by atoms with Crippen molar-refractivity contribution in [2.24, 2.45) is 0 Å². The molecule has 1 aromatic heterocycles. The minimum absolute atomic E-state index is 0.637. The highest BCUT2D eigenvalue weighted by molar-refractivity contribution is 6.31. The van der Waals surface area contributed by atoms with Crippen LogP contribution in [0.2, 0.25) is 5.02 Å². The number of benzene rings is 1. The molecule has 5 heteroatoms. The zero-order valence-corrected chi connectivity index (χ0v) is 12.3. The van der Waals surface area contributed by atoms with Gasteiger partial charge in [0.25, 0.3) is 0 Å². The lowest BCUT2D eigenvalue weighted by Crippen LogP contribution is -2.19. The third-order valence-electron chi connectivity index (χ3n) is 3.54. The monoisotopic (exact) mass is 291 g/mol. The van der Waals surface area contributed by atoms with Gasteiger partial charge in [-0.05, 0) is 38.0 Å². The summed E-state index contributed by atoms with van der Waals surface area (Å²) in [4.78, 5) is 2.40. The van der Waals surface area contributed by atoms with Crippen LogP contribution in [0.3, 0.4) is 0 Å². The third-order valence-corrected chi connectivity index (χ3v) is 3.78. The first-order valence-corrected chi connectivity index (χ1v) is 7.31. The molecule has 0 aliphatic carbocycles. The molecule has 2 aromatic rings. The maximum absolute atomic E-state index is 6.12. The molecule has 1 N–H and O–H groups in total. The summed E-state index contributed by atoms with van der Waals surface area (Å²) >= 11 is 6.12. The first kappa shape index (κ1) is 13.3. The lowest BCUT2D eigenvalue weighted by atomic mass is 10.2. The van der Waals surface area contributed by atoms with Crippen LogP contribution in [0.5, 0.6) is 0 Å². The Morgan fingerprint density at radius 2 is 2.10 bits per heavy atom. The number of anilines is 2. The van der Waals surface area contributed by atoms with Crippen LogP contribution in [0.15, 0.2) is 28.8 Å². The Kier molecular flexibility index (Phi) is 3.83. The lowest BCUT2D eigenvalue weighted by Gasteiger charge is -2.22. The molecular weight excluding hydrogens is 274 g/mol. The van der Waals surface area contributed by atoms with Gasteiger partial charge in [-0.1, -0.05) is 16.8 Å². The highest BCUT2D eigenvalue weighted by atomic mass is 35.5. The van der Waals surface area contributed by atoms with E-state index in [2.05, 4.69) is 21.4 Å². The van der Waals surface area contributed by atoms with Crippen molar-refractivity contribution in [3.8, 4) is 0 Å². The van der Waals surface area contributed by atoms with Gasteiger partial charge in [0.1, 0.15) is 11.5 Å². The van der Waals surface area contributed by atoms with Crippen molar-refractivity contribution in [1.29, 1.82) is 0 Å². The minimum Gasteiger partial charge on any atom is -0.378 e. The van der Waals surface area contributed by atoms with Crippen LogP contribution in [0.4, 0.5) is 11.4 Å². The molecule has 0 radical (unpaired) electrons. The second-order valence-electron chi connectivity index (χ2n) is 5.14. The fraction of sp³-hybridized carbons (Fsp3) is 0.400. The fourth-order valence-corrected chi connectivity index (χ4v) is 2.74. The molecule has 1 saturated heterocycles. The maximum atomic E-state index is 6.12. The molecule has 4 nitrogen and oxygen atoms in total. The summed E-state index contributed by atoms with van der Waals surface area (Å²) < 4.78 is 5.08. The van der Waals surface area contributed by atoms with E-state index in [1.165, 1.54) is 18.5 Å². The van der Waals surface area contributed by atoms with E-state index in [1.807, 2.05) is 25.1 Å². The standard InChI is InChI=1S/C15H18ClN3O/c1-11-8-13(18-20-11)10-17-14-9-12(16)4-5-15(14)19-6-2-3-7-19/h4-5,8-9,17H,2-3,6-7,10H2,1H3. The second-order valence-corrected chi connectivity index (χ2v) is 5.57. The van der Waals surface area contributed by atoms with Crippen LogP contribution < -0.4 is 10.2 Å². The van der Waals surface area contributed by atoms with Crippen molar-refractivity contribution < 1.29 is 4.52 Å². The number of aryl methyl sites for hydroxylation is 1. The highest BCUT2D eigenvalue weighted by Crippen LogP contribution is 2.31. The van der Waals surface area contributed by atoms with Crippen LogP contribution in [0.25, 0.3) is 0 Å². The van der Waals surface area contributed by atoms with Crippen molar-refractivity contribution in [2.75, 3.05) is 23.3 Å². The van der Waals surface area contributed by atoms with Gasteiger partial charge in [-0.15, -0.1) is 0 Å². The summed E-state index contributed by atoms with van der Waals surface area (Å²) in [6, 6.07) is 7.94. The number of rotatable bonds is 4. The summed E-state index contributed by atoms with van der Waals surface area (Å²) in [5, 5.41) is 8.15. The van der Waals surface area contributed by atoms with Gasteiger partial charge in [0.2, 0.25) is 0 Å². The van der Waals surface area contributed by atoms with Gasteiger partial charge >= 0.3 is 0 Å². The maximum Gasteiger partial charge on any atom is 0.133 e. The van der Waals surface area contributed by atoms with Crippen molar-refractivity contribution in [3.63, 3.8) is 0 Å². The summed E-state index contributed by atoms with van der Waals surface area (Å²) in [6.07, 6.45) is 2.51. The van der Waals surface area contributed by atoms with Crippen molar-refractivity contribution in [3.05, 3.63) is 40.7 Å². The predicted molar refractivity (Wildman–Crippen MR) is 81.5 cm³/mol. The van der Waals surface area contributed by atoms with E-state index in [4.69, 9.17) is 16.1 Å². The fourth-order valence-electron chi connectivity index (χ4n) is 2.57. The second kappa shape index (κ2) is 5.75. The SMILES string of the molecule is Cc1cc(CNc2cc(Cl)ccc2N2CCCC2)no1. The first-order valence-electron chi connectivity index (χ1n) is 6.93. The Bertz CT molecular complexity index is 591. The molecule has 1 aromatic carbocycles. The minimum atomic E-state index is 0.637. The normalized spacial score (nSPS) is 14.8. The van der Waals surface area contributed by atoms with Crippen LogP contribution in [-0.2, 0) is 6.54 Å². The lowest BCUT2D eigenvalue weighted by molar-refractivity contribution is 0.391. The Morgan fingerprint density at radius 1 is 1.30 bits per heavy atom. The van der Waals surface area contributed by atoms with Gasteiger partial charge < -0.3 is 14.7 Å². The van der Waals surface area contributed by atoms with Gasteiger partial charge in [0, 0.05) is 24.2 Å². The number of nitrogens with zero attached hydrogens (tertiary/aromatic N) is 2. The largest absolute Gasteiger partial charge is 0.378 e. The number of hydrogen-bond donors (Lipinski definition) is 1. The summed E-state index contributed by atoms with van der Waals surface area (Å²) in [6.45, 7) is 4.75. The van der Waals surface area contributed by atoms with Crippen LogP contribution in [0.1, 0.15) is 24.3 Å². The molecule has 3 rings (SSSR count). The molecule has 1 fully saturated rings. The molecule has 0 bridgehead atoms. The van der Waals surface area contributed by atoms with E-state index in [-0.39, 0.29) is 0 Å². The van der Waals surface area contributed by atoms with E-state index >= 15 is 0 Å². The topological polar surface area (TPSA) is 41.3 Å². The quantitative estimate of drug-likeness (QED) is 0.929. The number of halogens is 1. The van der Waals surface area contributed by atoms with Gasteiger partial charge in [-0.3, -0.25) is 0 Å². The zero-order valence-electron chi connectivity index (χ0n) is 11.5. The molecule has 1 aliphatic heterocycles. The van der Waals surface area contributed by atoms with Crippen molar-refractivity contribution >= 4 is 23.0 Å². The third kappa shape index (κ3) is 2.90. The van der Waals surface area contributed by atoms with Crippen LogP contribution in [0, 0.1) is 6.92 Å². The molecule has 0 unspecified atom stereocenters. The van der Waals surface area contributed by atoms with Gasteiger partial charge in [-0.25, -0.2) is 0 Å². The molecule has 0 saturated carbocycles. The van der Waals surface area contributed by atoms with Crippen molar-refractivity contribution in [1.82, 2.24) is 5.16 Å². The van der Waals surface area contributed by atoms with Gasteiger partial charge in [-0.2, -0.15) is 0 Å². The van der Waals surface area contributed by atoms with E-state index in [0.717, 1.165) is 35.3 Å². The first-order chi connectivity index (χ1) is 9.72. The van der Waals surface area contributed by atoms with E-state index in [9.17, 15) is 0 Å². The van der Waals surface area contributed by atoms with Gasteiger partial charge in [0.15, 0.2) is 0 Å². The Balaban J connectivity index is 1.78. The molecule has 1 aliphatic rings. The van der Waals surface area contributed by atoms with Crippen molar-refractivity contribution in [2.45, 2.75) is 26.3 Å². The van der Waals surface area contributed by atoms with Gasteiger partial charge in [0.05, 0.1) is 17.9 Å². The average molecular weight is 292 g/mol. The summed E-state index contributed by atoms with van der Waals surface area (Å²) in [5.41, 5.74) is 3.17. The van der Waals surface area contributed by atoms with Crippen LogP contribution in [-0.4, -0.2) is 18.2 Å². The predicted octanol–water partition coefficient (Wildman–Crippen LogP) is 3.85. The van der Waals surface area contributed by atoms with E-state index in [1.54, 1.807) is 0 Å². The average Bonchev–Trinajstić information content (AvgIpc) is 3.08.